The van der Waals surface area contributed by atoms with Crippen molar-refractivity contribution in [2.45, 2.75) is 13.0 Å². The third-order valence-electron chi connectivity index (χ3n) is 2.57. The molecule has 0 aromatic heterocycles. The quantitative estimate of drug-likeness (QED) is 0.766. The maximum atomic E-state index is 5.75. The highest BCUT2D eigenvalue weighted by molar-refractivity contribution is 5.59. The van der Waals surface area contributed by atoms with Crippen LogP contribution in [-0.2, 0) is 0 Å². The molecule has 2 N–H and O–H groups in total. The molecule has 0 radical (unpaired) electrons. The van der Waals surface area contributed by atoms with Crippen LogP contribution in [0.1, 0.15) is 6.92 Å². The van der Waals surface area contributed by atoms with Gasteiger partial charge in [-0.05, 0) is 19.1 Å². The van der Waals surface area contributed by atoms with Crippen LogP contribution in [0, 0.1) is 0 Å². The van der Waals surface area contributed by atoms with Gasteiger partial charge in [-0.3, -0.25) is 0 Å². The highest BCUT2D eigenvalue weighted by Gasteiger charge is 2.22. The van der Waals surface area contributed by atoms with Gasteiger partial charge in [-0.25, -0.2) is 0 Å². The number of fused-ring (bicyclic) bond motifs is 1. The number of hydrogen-bond acceptors (Lipinski definition) is 3. The Morgan fingerprint density at radius 2 is 2.29 bits per heavy atom. The van der Waals surface area contributed by atoms with E-state index in [1.807, 2.05) is 18.2 Å². The van der Waals surface area contributed by atoms with Crippen LogP contribution in [0.5, 0.6) is 5.75 Å². The first kappa shape index (κ1) is 9.34. The number of rotatable bonds is 2. The molecule has 1 aliphatic heterocycles. The van der Waals surface area contributed by atoms with Crippen molar-refractivity contribution in [3.05, 3.63) is 24.3 Å². The van der Waals surface area contributed by atoms with E-state index < -0.39 is 0 Å². The molecular weight excluding hydrogens is 176 g/mol. The van der Waals surface area contributed by atoms with Crippen LogP contribution >= 0.6 is 0 Å². The third-order valence-corrected chi connectivity index (χ3v) is 2.57. The highest BCUT2D eigenvalue weighted by atomic mass is 16.5. The summed E-state index contributed by atoms with van der Waals surface area (Å²) in [5.41, 5.74) is 6.81. The van der Waals surface area contributed by atoms with Gasteiger partial charge in [-0.2, -0.15) is 0 Å². The standard InChI is InChI=1S/C11H16N2O/c1-2-13-8-9(7-12)14-11-6-4-3-5-10(11)13/h3-6,9H,2,7-8,12H2,1H3. The second-order valence-corrected chi connectivity index (χ2v) is 3.48. The van der Waals surface area contributed by atoms with Gasteiger partial charge in [0.15, 0.2) is 0 Å². The van der Waals surface area contributed by atoms with Crippen molar-refractivity contribution in [3.8, 4) is 5.75 Å². The first-order chi connectivity index (χ1) is 6.85. The van der Waals surface area contributed by atoms with E-state index in [4.69, 9.17) is 10.5 Å². The predicted molar refractivity (Wildman–Crippen MR) is 57.8 cm³/mol. The molecule has 0 fully saturated rings. The summed E-state index contributed by atoms with van der Waals surface area (Å²) in [6.07, 6.45) is 0.129. The van der Waals surface area contributed by atoms with E-state index in [1.165, 1.54) is 5.69 Å². The summed E-state index contributed by atoms with van der Waals surface area (Å²) in [4.78, 5) is 2.30. The normalized spacial score (nSPS) is 20.1. The Labute approximate surface area is 84.5 Å². The second-order valence-electron chi connectivity index (χ2n) is 3.48. The van der Waals surface area contributed by atoms with Gasteiger partial charge in [0.25, 0.3) is 0 Å². The molecule has 1 aromatic rings. The molecule has 1 atom stereocenters. The number of nitrogens with zero attached hydrogens (tertiary/aromatic N) is 1. The summed E-state index contributed by atoms with van der Waals surface area (Å²) in [5, 5.41) is 0. The lowest BCUT2D eigenvalue weighted by Crippen LogP contribution is -2.43. The molecule has 0 saturated heterocycles. The molecule has 1 unspecified atom stereocenters. The summed E-state index contributed by atoms with van der Waals surface area (Å²) in [5.74, 6) is 0.955. The maximum Gasteiger partial charge on any atom is 0.143 e. The minimum absolute atomic E-state index is 0.129. The molecule has 3 nitrogen and oxygen atoms in total. The molecule has 1 aliphatic rings. The van der Waals surface area contributed by atoms with Gasteiger partial charge >= 0.3 is 0 Å². The smallest absolute Gasteiger partial charge is 0.143 e. The van der Waals surface area contributed by atoms with Crippen molar-refractivity contribution < 1.29 is 4.74 Å². The Hall–Kier alpha value is -1.22. The number of anilines is 1. The molecule has 2 rings (SSSR count). The van der Waals surface area contributed by atoms with Gasteiger partial charge in [0.1, 0.15) is 11.9 Å². The van der Waals surface area contributed by atoms with Crippen molar-refractivity contribution >= 4 is 5.69 Å². The van der Waals surface area contributed by atoms with E-state index in [1.54, 1.807) is 0 Å². The van der Waals surface area contributed by atoms with Crippen LogP contribution in [0.2, 0.25) is 0 Å². The van der Waals surface area contributed by atoms with Gasteiger partial charge < -0.3 is 15.4 Å². The summed E-state index contributed by atoms with van der Waals surface area (Å²) in [7, 11) is 0. The third kappa shape index (κ3) is 1.55. The molecule has 1 heterocycles. The molecule has 0 amide bonds. The number of likely N-dealkylation sites (N-methyl/N-ethyl adjacent to an activating group) is 1. The highest BCUT2D eigenvalue weighted by Crippen LogP contribution is 2.32. The van der Waals surface area contributed by atoms with Gasteiger partial charge in [-0.1, -0.05) is 12.1 Å². The summed E-state index contributed by atoms with van der Waals surface area (Å²) < 4.78 is 5.75. The van der Waals surface area contributed by atoms with Crippen molar-refractivity contribution in [1.29, 1.82) is 0 Å². The fourth-order valence-electron chi connectivity index (χ4n) is 1.80. The minimum atomic E-state index is 0.129. The van der Waals surface area contributed by atoms with Gasteiger partial charge in [0.05, 0.1) is 12.2 Å². The molecule has 1 aromatic carbocycles. The fraction of sp³-hybridized carbons (Fsp3) is 0.455. The van der Waals surface area contributed by atoms with Crippen molar-refractivity contribution in [1.82, 2.24) is 0 Å². The van der Waals surface area contributed by atoms with Crippen LogP contribution < -0.4 is 15.4 Å². The van der Waals surface area contributed by atoms with Crippen molar-refractivity contribution in [3.63, 3.8) is 0 Å². The first-order valence-electron chi connectivity index (χ1n) is 5.06. The zero-order valence-corrected chi connectivity index (χ0v) is 8.44. The molecule has 76 valence electrons. The molecule has 0 bridgehead atoms. The van der Waals surface area contributed by atoms with Gasteiger partial charge in [-0.15, -0.1) is 0 Å². The Balaban J connectivity index is 2.31. The molecule has 0 spiro atoms. The van der Waals surface area contributed by atoms with E-state index >= 15 is 0 Å². The Bertz CT molecular complexity index is 314. The van der Waals surface area contributed by atoms with Crippen molar-refractivity contribution in [2.75, 3.05) is 24.5 Å². The largest absolute Gasteiger partial charge is 0.485 e. The maximum absolute atomic E-state index is 5.75. The van der Waals surface area contributed by atoms with E-state index in [9.17, 15) is 0 Å². The minimum Gasteiger partial charge on any atom is -0.485 e. The van der Waals surface area contributed by atoms with E-state index in [0.29, 0.717) is 6.54 Å². The lowest BCUT2D eigenvalue weighted by Gasteiger charge is -2.35. The van der Waals surface area contributed by atoms with Crippen LogP contribution in [0.25, 0.3) is 0 Å². The van der Waals surface area contributed by atoms with Crippen LogP contribution in [-0.4, -0.2) is 25.7 Å². The number of para-hydroxylation sites is 2. The monoisotopic (exact) mass is 192 g/mol. The van der Waals surface area contributed by atoms with E-state index in [-0.39, 0.29) is 6.10 Å². The average Bonchev–Trinajstić information content (AvgIpc) is 2.27. The fourth-order valence-corrected chi connectivity index (χ4v) is 1.80. The zero-order valence-electron chi connectivity index (χ0n) is 8.44. The SMILES string of the molecule is CCN1CC(CN)Oc2ccccc21. The lowest BCUT2D eigenvalue weighted by atomic mass is 10.2. The summed E-state index contributed by atoms with van der Waals surface area (Å²) in [6.45, 7) is 4.61. The Kier molecular flexibility index (Phi) is 2.59. The molecule has 0 aliphatic carbocycles. The molecule has 0 saturated carbocycles. The average molecular weight is 192 g/mol. The molecule has 14 heavy (non-hydrogen) atoms. The number of ether oxygens (including phenoxy) is 1. The number of nitrogens with two attached hydrogens (primary N) is 1. The number of benzene rings is 1. The topological polar surface area (TPSA) is 38.5 Å². The Morgan fingerprint density at radius 1 is 1.50 bits per heavy atom. The number of hydrogen-bond donors (Lipinski definition) is 1. The van der Waals surface area contributed by atoms with Gasteiger partial charge in [0.2, 0.25) is 0 Å². The Morgan fingerprint density at radius 3 is 3.00 bits per heavy atom. The van der Waals surface area contributed by atoms with E-state index in [2.05, 4.69) is 17.9 Å². The van der Waals surface area contributed by atoms with E-state index in [0.717, 1.165) is 18.8 Å². The van der Waals surface area contributed by atoms with Gasteiger partial charge in [0, 0.05) is 13.1 Å². The molecular formula is C11H16N2O. The van der Waals surface area contributed by atoms with Crippen LogP contribution in [0.3, 0.4) is 0 Å². The summed E-state index contributed by atoms with van der Waals surface area (Å²) >= 11 is 0. The van der Waals surface area contributed by atoms with Crippen molar-refractivity contribution in [2.24, 2.45) is 5.73 Å². The molecule has 3 heteroatoms. The second kappa shape index (κ2) is 3.88. The van der Waals surface area contributed by atoms with Crippen LogP contribution in [0.15, 0.2) is 24.3 Å². The lowest BCUT2D eigenvalue weighted by molar-refractivity contribution is 0.201. The zero-order chi connectivity index (χ0) is 9.97. The first-order valence-corrected chi connectivity index (χ1v) is 5.06. The summed E-state index contributed by atoms with van der Waals surface area (Å²) in [6, 6.07) is 8.12. The predicted octanol–water partition coefficient (Wildman–Crippen LogP) is 1.23. The van der Waals surface area contributed by atoms with Crippen LogP contribution in [0.4, 0.5) is 5.69 Å².